The van der Waals surface area contributed by atoms with Crippen molar-refractivity contribution in [2.75, 3.05) is 7.11 Å². The molecule has 0 saturated heterocycles. The van der Waals surface area contributed by atoms with Crippen LogP contribution in [0.4, 0.5) is 0 Å². The Bertz CT molecular complexity index is 1030. The largest absolute Gasteiger partial charge is 0.496 e. The van der Waals surface area contributed by atoms with E-state index in [0.717, 1.165) is 22.4 Å². The first kappa shape index (κ1) is 15.8. The summed E-state index contributed by atoms with van der Waals surface area (Å²) in [6.45, 7) is 0. The van der Waals surface area contributed by atoms with Gasteiger partial charge in [0.1, 0.15) is 17.4 Å². The fourth-order valence-electron chi connectivity index (χ4n) is 3.29. The van der Waals surface area contributed by atoms with Crippen molar-refractivity contribution < 1.29 is 9.47 Å². The minimum Gasteiger partial charge on any atom is -0.496 e. The summed E-state index contributed by atoms with van der Waals surface area (Å²) in [5, 5.41) is 17.0. The normalized spacial score (nSPS) is 15.8. The molecular weight excluding hydrogens is 328 g/mol. The molecule has 1 aromatic heterocycles. The lowest BCUT2D eigenvalue weighted by Gasteiger charge is -2.25. The smallest absolute Gasteiger partial charge is 0.244 e. The van der Waals surface area contributed by atoms with Crippen molar-refractivity contribution in [1.82, 2.24) is 10.2 Å². The average Bonchev–Trinajstić information content (AvgIpc) is 3.10. The standard InChI is InChI=1S/C20H16N4O2/c1-25-15-10-6-5-9-13(15)16-14(11-21)19(22)26-20-17(16)18(23-24-20)12-7-3-2-4-8-12/h2-10,16H,22H2,1H3,(H,23,24). The van der Waals surface area contributed by atoms with Crippen LogP contribution in [0, 0.1) is 11.3 Å². The monoisotopic (exact) mass is 344 g/mol. The van der Waals surface area contributed by atoms with Crippen LogP contribution in [-0.4, -0.2) is 17.3 Å². The Morgan fingerprint density at radius 1 is 1.15 bits per heavy atom. The number of nitrogens with one attached hydrogen (secondary N) is 1. The van der Waals surface area contributed by atoms with Gasteiger partial charge in [-0.15, -0.1) is 5.10 Å². The Balaban J connectivity index is 1.99. The van der Waals surface area contributed by atoms with Gasteiger partial charge in [0.15, 0.2) is 0 Å². The van der Waals surface area contributed by atoms with Crippen LogP contribution in [-0.2, 0) is 0 Å². The van der Waals surface area contributed by atoms with Crippen molar-refractivity contribution in [2.45, 2.75) is 5.92 Å². The van der Waals surface area contributed by atoms with Crippen molar-refractivity contribution >= 4 is 0 Å². The molecule has 0 aliphatic carbocycles. The minimum atomic E-state index is -0.436. The number of nitrogens with two attached hydrogens (primary N) is 1. The van der Waals surface area contributed by atoms with Gasteiger partial charge in [0, 0.05) is 5.56 Å². The summed E-state index contributed by atoms with van der Waals surface area (Å²) in [4.78, 5) is 0. The molecule has 0 radical (unpaired) electrons. The van der Waals surface area contributed by atoms with Crippen molar-refractivity contribution in [3.8, 4) is 29.0 Å². The molecule has 1 aliphatic rings. The molecule has 0 amide bonds. The first-order valence-corrected chi connectivity index (χ1v) is 8.08. The summed E-state index contributed by atoms with van der Waals surface area (Å²) in [6, 6.07) is 19.5. The SMILES string of the molecule is COc1ccccc1C1C(C#N)=C(N)Oc2n[nH]c(-c3ccccc3)c21. The van der Waals surface area contributed by atoms with Gasteiger partial charge in [-0.2, -0.15) is 5.26 Å². The molecular formula is C20H16N4O2. The Labute approximate surface area is 150 Å². The number of methoxy groups -OCH3 is 1. The van der Waals surface area contributed by atoms with E-state index in [1.807, 2.05) is 54.6 Å². The summed E-state index contributed by atoms with van der Waals surface area (Å²) >= 11 is 0. The number of para-hydroxylation sites is 1. The second kappa shape index (κ2) is 6.30. The van der Waals surface area contributed by atoms with Crippen LogP contribution in [0.2, 0.25) is 0 Å². The van der Waals surface area contributed by atoms with E-state index in [1.54, 1.807) is 7.11 Å². The number of nitrogens with zero attached hydrogens (tertiary/aromatic N) is 2. The van der Waals surface area contributed by atoms with E-state index in [4.69, 9.17) is 15.2 Å². The number of nitriles is 1. The summed E-state index contributed by atoms with van der Waals surface area (Å²) < 4.78 is 11.1. The summed E-state index contributed by atoms with van der Waals surface area (Å²) in [7, 11) is 1.60. The molecule has 1 unspecified atom stereocenters. The molecule has 128 valence electrons. The van der Waals surface area contributed by atoms with Gasteiger partial charge >= 0.3 is 0 Å². The van der Waals surface area contributed by atoms with Crippen LogP contribution in [0.25, 0.3) is 11.3 Å². The van der Waals surface area contributed by atoms with E-state index >= 15 is 0 Å². The highest BCUT2D eigenvalue weighted by atomic mass is 16.5. The number of aromatic nitrogens is 2. The number of ether oxygens (including phenoxy) is 2. The summed E-state index contributed by atoms with van der Waals surface area (Å²) in [6.07, 6.45) is 0. The summed E-state index contributed by atoms with van der Waals surface area (Å²) in [5.41, 5.74) is 9.68. The number of rotatable bonds is 3. The second-order valence-electron chi connectivity index (χ2n) is 5.85. The third-order valence-corrected chi connectivity index (χ3v) is 4.45. The number of hydrogen-bond donors (Lipinski definition) is 2. The maximum Gasteiger partial charge on any atom is 0.244 e. The van der Waals surface area contributed by atoms with Crippen LogP contribution in [0.1, 0.15) is 17.0 Å². The van der Waals surface area contributed by atoms with E-state index in [-0.39, 0.29) is 5.88 Å². The van der Waals surface area contributed by atoms with Gasteiger partial charge in [-0.05, 0) is 11.6 Å². The van der Waals surface area contributed by atoms with Crippen LogP contribution in [0.5, 0.6) is 11.6 Å². The van der Waals surface area contributed by atoms with Crippen LogP contribution >= 0.6 is 0 Å². The van der Waals surface area contributed by atoms with Gasteiger partial charge in [0.25, 0.3) is 0 Å². The molecule has 0 fully saturated rings. The number of aromatic amines is 1. The lowest BCUT2D eigenvalue weighted by Crippen LogP contribution is -2.21. The van der Waals surface area contributed by atoms with Gasteiger partial charge in [-0.25, -0.2) is 0 Å². The van der Waals surface area contributed by atoms with Crippen molar-refractivity contribution in [2.24, 2.45) is 5.73 Å². The predicted molar refractivity (Wildman–Crippen MR) is 96.3 cm³/mol. The molecule has 1 atom stereocenters. The van der Waals surface area contributed by atoms with E-state index in [1.165, 1.54) is 0 Å². The zero-order valence-electron chi connectivity index (χ0n) is 14.1. The van der Waals surface area contributed by atoms with Gasteiger partial charge in [0.05, 0.1) is 24.3 Å². The van der Waals surface area contributed by atoms with E-state index in [9.17, 15) is 5.26 Å². The van der Waals surface area contributed by atoms with Crippen molar-refractivity contribution in [1.29, 1.82) is 5.26 Å². The third kappa shape index (κ3) is 2.38. The molecule has 3 aromatic rings. The second-order valence-corrected chi connectivity index (χ2v) is 5.85. The highest BCUT2D eigenvalue weighted by Crippen LogP contribution is 2.47. The molecule has 4 rings (SSSR count). The van der Waals surface area contributed by atoms with E-state index in [2.05, 4.69) is 16.3 Å². The molecule has 0 spiro atoms. The first-order chi connectivity index (χ1) is 12.7. The molecule has 2 aromatic carbocycles. The highest BCUT2D eigenvalue weighted by Gasteiger charge is 2.36. The third-order valence-electron chi connectivity index (χ3n) is 4.45. The molecule has 6 heteroatoms. The van der Waals surface area contributed by atoms with Gasteiger partial charge in [0.2, 0.25) is 11.8 Å². The van der Waals surface area contributed by atoms with Crippen molar-refractivity contribution in [3.63, 3.8) is 0 Å². The summed E-state index contributed by atoms with van der Waals surface area (Å²) in [5.74, 6) is 0.665. The molecule has 3 N–H and O–H groups in total. The number of benzene rings is 2. The molecule has 0 bridgehead atoms. The highest BCUT2D eigenvalue weighted by molar-refractivity contribution is 5.71. The Hall–Kier alpha value is -3.72. The topological polar surface area (TPSA) is 96.9 Å². The lowest BCUT2D eigenvalue weighted by atomic mass is 9.82. The molecule has 2 heterocycles. The van der Waals surface area contributed by atoms with Gasteiger partial charge < -0.3 is 15.2 Å². The van der Waals surface area contributed by atoms with E-state index < -0.39 is 5.92 Å². The first-order valence-electron chi connectivity index (χ1n) is 8.08. The quantitative estimate of drug-likeness (QED) is 0.760. The van der Waals surface area contributed by atoms with Crippen LogP contribution < -0.4 is 15.2 Å². The lowest BCUT2D eigenvalue weighted by molar-refractivity contribution is 0.375. The predicted octanol–water partition coefficient (Wildman–Crippen LogP) is 3.30. The van der Waals surface area contributed by atoms with Gasteiger partial charge in [-0.1, -0.05) is 48.5 Å². The number of H-pyrrole nitrogens is 1. The molecule has 1 aliphatic heterocycles. The fraction of sp³-hybridized carbons (Fsp3) is 0.100. The molecule has 0 saturated carbocycles. The molecule has 6 nitrogen and oxygen atoms in total. The number of fused-ring (bicyclic) bond motifs is 1. The Morgan fingerprint density at radius 2 is 1.88 bits per heavy atom. The van der Waals surface area contributed by atoms with Crippen LogP contribution in [0.3, 0.4) is 0 Å². The zero-order chi connectivity index (χ0) is 18.1. The average molecular weight is 344 g/mol. The van der Waals surface area contributed by atoms with E-state index in [0.29, 0.717) is 17.2 Å². The number of hydrogen-bond acceptors (Lipinski definition) is 5. The maximum atomic E-state index is 9.74. The number of allylic oxidation sites excluding steroid dienone is 1. The minimum absolute atomic E-state index is 0.0574. The Kier molecular flexibility index (Phi) is 3.82. The Morgan fingerprint density at radius 3 is 2.62 bits per heavy atom. The van der Waals surface area contributed by atoms with Crippen LogP contribution in [0.15, 0.2) is 66.1 Å². The zero-order valence-corrected chi connectivity index (χ0v) is 14.1. The molecule has 26 heavy (non-hydrogen) atoms. The maximum absolute atomic E-state index is 9.74. The van der Waals surface area contributed by atoms with Crippen molar-refractivity contribution in [3.05, 3.63) is 77.2 Å². The fourth-order valence-corrected chi connectivity index (χ4v) is 3.29. The van der Waals surface area contributed by atoms with Gasteiger partial charge in [-0.3, -0.25) is 5.10 Å².